The third-order valence-corrected chi connectivity index (χ3v) is 13.1. The number of hydrogen-bond acceptors (Lipinski definition) is 6. The summed E-state index contributed by atoms with van der Waals surface area (Å²) in [5.74, 6) is 8.67. The van der Waals surface area contributed by atoms with Crippen molar-refractivity contribution in [3.05, 3.63) is 0 Å². The van der Waals surface area contributed by atoms with Crippen LogP contribution in [0, 0.1) is 59.2 Å². The summed E-state index contributed by atoms with van der Waals surface area (Å²) >= 11 is 0. The third kappa shape index (κ3) is 25.9. The first-order valence-corrected chi connectivity index (χ1v) is 23.7. The van der Waals surface area contributed by atoms with Crippen LogP contribution in [0.2, 0.25) is 0 Å². The van der Waals surface area contributed by atoms with Gasteiger partial charge in [0, 0.05) is 39.1 Å². The van der Waals surface area contributed by atoms with Gasteiger partial charge in [0.25, 0.3) is 0 Å². The number of ether oxygens (including phenoxy) is 3. The lowest BCUT2D eigenvalue weighted by molar-refractivity contribution is -0.0115. The molecule has 0 bridgehead atoms. The van der Waals surface area contributed by atoms with E-state index in [0.717, 1.165) is 92.3 Å². The van der Waals surface area contributed by atoms with Crippen LogP contribution in [0.3, 0.4) is 0 Å². The fourth-order valence-electron chi connectivity index (χ4n) is 8.37. The van der Waals surface area contributed by atoms with E-state index in [2.05, 4.69) is 99.0 Å². The first kappa shape index (κ1) is 51.8. The van der Waals surface area contributed by atoms with Crippen molar-refractivity contribution >= 4 is 0 Å². The number of piperidine rings is 3. The molecule has 6 rings (SSSR count). The molecule has 0 spiro atoms. The van der Waals surface area contributed by atoms with E-state index in [9.17, 15) is 0 Å². The summed E-state index contributed by atoms with van der Waals surface area (Å²) in [5, 5.41) is 10.3. The van der Waals surface area contributed by atoms with Crippen LogP contribution in [0.5, 0.6) is 0 Å². The lowest BCUT2D eigenvalue weighted by Gasteiger charge is -2.26. The molecule has 0 saturated carbocycles. The predicted molar refractivity (Wildman–Crippen MR) is 237 cm³/mol. The second-order valence-corrected chi connectivity index (χ2v) is 19.5. The molecule has 54 heavy (non-hydrogen) atoms. The zero-order valence-corrected chi connectivity index (χ0v) is 38.6. The second-order valence-electron chi connectivity index (χ2n) is 19.5. The molecule has 6 aliphatic rings. The topological polar surface area (TPSA) is 63.8 Å². The van der Waals surface area contributed by atoms with E-state index in [4.69, 9.17) is 14.2 Å². The molecule has 4 atom stereocenters. The van der Waals surface area contributed by atoms with Crippen LogP contribution in [0.1, 0.15) is 173 Å². The Bertz CT molecular complexity index is 612. The molecule has 4 unspecified atom stereocenters. The van der Waals surface area contributed by atoms with Crippen LogP contribution < -0.4 is 16.0 Å². The minimum absolute atomic E-state index is 0.554. The summed E-state index contributed by atoms with van der Waals surface area (Å²) in [7, 11) is 0. The fraction of sp³-hybridized carbons (Fsp3) is 1.00. The van der Waals surface area contributed by atoms with E-state index in [0.29, 0.717) is 12.0 Å². The summed E-state index contributed by atoms with van der Waals surface area (Å²) in [5.41, 5.74) is 0. The Balaban J connectivity index is 0.000000324. The molecule has 6 heteroatoms. The van der Waals surface area contributed by atoms with E-state index in [1.807, 2.05) is 0 Å². The van der Waals surface area contributed by atoms with Gasteiger partial charge >= 0.3 is 0 Å². The molecule has 6 heterocycles. The molecule has 0 aromatic carbocycles. The Labute approximate surface area is 339 Å². The molecule has 0 aromatic heterocycles. The van der Waals surface area contributed by atoms with Gasteiger partial charge in [-0.2, -0.15) is 0 Å². The highest BCUT2D eigenvalue weighted by Crippen LogP contribution is 2.24. The van der Waals surface area contributed by atoms with Crippen molar-refractivity contribution < 1.29 is 14.2 Å². The van der Waals surface area contributed by atoms with Crippen LogP contribution in [-0.4, -0.2) is 77.9 Å². The minimum Gasteiger partial charge on any atom is -0.381 e. The Hall–Kier alpha value is -0.240. The quantitative estimate of drug-likeness (QED) is 0.250. The largest absolute Gasteiger partial charge is 0.381 e. The van der Waals surface area contributed by atoms with Gasteiger partial charge in [0.1, 0.15) is 0 Å². The van der Waals surface area contributed by atoms with E-state index in [-0.39, 0.29) is 0 Å². The molecule has 6 saturated heterocycles. The molecule has 0 radical (unpaired) electrons. The number of nitrogens with one attached hydrogen (secondary N) is 3. The zero-order valence-electron chi connectivity index (χ0n) is 38.6. The van der Waals surface area contributed by atoms with Crippen molar-refractivity contribution in [2.24, 2.45) is 59.2 Å². The van der Waals surface area contributed by atoms with Crippen molar-refractivity contribution in [1.82, 2.24) is 16.0 Å². The second kappa shape index (κ2) is 32.7. The van der Waals surface area contributed by atoms with Crippen molar-refractivity contribution in [2.45, 2.75) is 185 Å². The molecule has 324 valence electrons. The fourth-order valence-corrected chi connectivity index (χ4v) is 8.37. The zero-order chi connectivity index (χ0) is 40.1. The molecule has 3 N–H and O–H groups in total. The molecule has 0 aromatic rings. The van der Waals surface area contributed by atoms with Crippen LogP contribution in [0.25, 0.3) is 0 Å². The summed E-state index contributed by atoms with van der Waals surface area (Å²) in [6.45, 7) is 38.7. The smallest absolute Gasteiger partial charge is 0.0598 e. The maximum Gasteiger partial charge on any atom is 0.0598 e. The Morgan fingerprint density at radius 2 is 0.981 bits per heavy atom. The van der Waals surface area contributed by atoms with Crippen molar-refractivity contribution in [1.29, 1.82) is 0 Å². The van der Waals surface area contributed by atoms with Gasteiger partial charge in [0.2, 0.25) is 0 Å². The van der Waals surface area contributed by atoms with E-state index in [1.54, 1.807) is 0 Å². The van der Waals surface area contributed by atoms with Crippen LogP contribution in [-0.2, 0) is 14.2 Å². The molecule has 6 fully saturated rings. The monoisotopic (exact) mass is 766 g/mol. The molecular weight excluding hydrogens is 667 g/mol. The van der Waals surface area contributed by atoms with Gasteiger partial charge in [-0.05, 0) is 175 Å². The van der Waals surface area contributed by atoms with Gasteiger partial charge in [0.05, 0.1) is 6.10 Å². The standard InChI is InChI=1S/3C8H17N.3C8H16O/c1-7(2)8-3-5-9-6-4-8;1-7(2)8-4-3-5-9-6-8;1-7(2)8-5-3-4-6-9-8;1-7(2)8-3-5-9-6-4-8;1-7(2)8-4-3-5-9-6-8;1-7(2)8-5-3-4-6-9-8/h3*7-9H,3-6H2,1-2H3;3*7-8H,3-6H2,1-2H3. The molecule has 0 aliphatic carbocycles. The third-order valence-electron chi connectivity index (χ3n) is 13.1. The molecule has 6 nitrogen and oxygen atoms in total. The highest BCUT2D eigenvalue weighted by molar-refractivity contribution is 4.75. The van der Waals surface area contributed by atoms with Crippen LogP contribution in [0.15, 0.2) is 0 Å². The Morgan fingerprint density at radius 1 is 0.389 bits per heavy atom. The first-order valence-electron chi connectivity index (χ1n) is 23.7. The van der Waals surface area contributed by atoms with Gasteiger partial charge in [-0.15, -0.1) is 0 Å². The Morgan fingerprint density at radius 3 is 1.31 bits per heavy atom. The van der Waals surface area contributed by atoms with Crippen molar-refractivity contribution in [3.8, 4) is 0 Å². The Kier molecular flexibility index (Phi) is 31.3. The number of hydrogen-bond donors (Lipinski definition) is 3. The normalized spacial score (nSPS) is 27.0. The maximum absolute atomic E-state index is 5.54. The van der Waals surface area contributed by atoms with Gasteiger partial charge in [-0.3, -0.25) is 0 Å². The highest BCUT2D eigenvalue weighted by Gasteiger charge is 2.19. The van der Waals surface area contributed by atoms with Gasteiger partial charge < -0.3 is 30.2 Å². The van der Waals surface area contributed by atoms with Crippen LogP contribution >= 0.6 is 0 Å². The lowest BCUT2D eigenvalue weighted by atomic mass is 9.87. The van der Waals surface area contributed by atoms with Gasteiger partial charge in [0.15, 0.2) is 0 Å². The maximum atomic E-state index is 5.54. The summed E-state index contributed by atoms with van der Waals surface area (Å²) in [4.78, 5) is 0. The van der Waals surface area contributed by atoms with Gasteiger partial charge in [-0.25, -0.2) is 0 Å². The highest BCUT2D eigenvalue weighted by atomic mass is 16.5. The average Bonchev–Trinajstić information content (AvgIpc) is 3.21. The van der Waals surface area contributed by atoms with Crippen molar-refractivity contribution in [3.63, 3.8) is 0 Å². The molecule has 0 amide bonds. The van der Waals surface area contributed by atoms with Gasteiger partial charge in [-0.1, -0.05) is 89.5 Å². The molecule has 6 aliphatic heterocycles. The number of rotatable bonds is 6. The van der Waals surface area contributed by atoms with E-state index in [1.165, 1.54) is 123 Å². The summed E-state index contributed by atoms with van der Waals surface area (Å²) in [6.07, 6.45) is 19.4. The van der Waals surface area contributed by atoms with Crippen LogP contribution in [0.4, 0.5) is 0 Å². The van der Waals surface area contributed by atoms with Crippen molar-refractivity contribution in [2.75, 3.05) is 65.8 Å². The summed E-state index contributed by atoms with van der Waals surface area (Å²) in [6, 6.07) is 0.804. The molecular formula is C48H99N3O3. The average molecular weight is 766 g/mol. The van der Waals surface area contributed by atoms with E-state index >= 15 is 0 Å². The predicted octanol–water partition coefficient (Wildman–Crippen LogP) is 11.4. The van der Waals surface area contributed by atoms with E-state index < -0.39 is 0 Å². The first-order chi connectivity index (χ1) is 25.8. The minimum atomic E-state index is 0.554. The lowest BCUT2D eigenvalue weighted by Crippen LogP contribution is -2.37. The summed E-state index contributed by atoms with van der Waals surface area (Å²) < 4.78 is 16.1. The SMILES string of the molecule is CC(C)C1CCCCN1.CC(C)C1CCCCO1.CC(C)C1CCCNC1.CC(C)C1CCCOC1.CC(C)C1CCNCC1.CC(C)C1CCOCC1.